The van der Waals surface area contributed by atoms with Crippen molar-refractivity contribution in [3.05, 3.63) is 0 Å². The Balaban J connectivity index is 4.17. The first-order valence-electron chi connectivity index (χ1n) is 4.40. The smallest absolute Gasteiger partial charge is 0.407 e. The van der Waals surface area contributed by atoms with Gasteiger partial charge in [0.25, 0.3) is 0 Å². The van der Waals surface area contributed by atoms with E-state index in [1.807, 2.05) is 20.8 Å². The lowest BCUT2D eigenvalue weighted by Gasteiger charge is -2.26. The van der Waals surface area contributed by atoms with Gasteiger partial charge in [-0.2, -0.15) is 0 Å². The molecule has 0 unspecified atom stereocenters. The molecular formula is C9H19NO3. The predicted molar refractivity (Wildman–Crippen MR) is 50.6 cm³/mol. The summed E-state index contributed by atoms with van der Waals surface area (Å²) in [5.41, 5.74) is 0. The molecule has 0 aromatic heterocycles. The van der Waals surface area contributed by atoms with E-state index in [4.69, 9.17) is 4.74 Å². The van der Waals surface area contributed by atoms with E-state index in [0.29, 0.717) is 5.92 Å². The van der Waals surface area contributed by atoms with E-state index in [-0.39, 0.29) is 12.1 Å². The summed E-state index contributed by atoms with van der Waals surface area (Å²) in [5.74, 6) is 0.314. The Morgan fingerprint density at radius 2 is 1.77 bits per heavy atom. The maximum Gasteiger partial charge on any atom is 0.407 e. The highest BCUT2D eigenvalue weighted by Gasteiger charge is 2.22. The molecule has 0 spiro atoms. The quantitative estimate of drug-likeness (QED) is 0.727. The first kappa shape index (κ1) is 12.2. The van der Waals surface area contributed by atoms with Crippen molar-refractivity contribution in [3.63, 3.8) is 0 Å². The minimum atomic E-state index is -0.414. The van der Waals surface area contributed by atoms with Crippen LogP contribution in [0.4, 0.5) is 4.79 Å². The van der Waals surface area contributed by atoms with E-state index < -0.39 is 6.09 Å². The highest BCUT2D eigenvalue weighted by Crippen LogP contribution is 2.08. The van der Waals surface area contributed by atoms with E-state index >= 15 is 0 Å². The van der Waals surface area contributed by atoms with E-state index in [2.05, 4.69) is 10.1 Å². The predicted octanol–water partition coefficient (Wildman–Crippen LogP) is 1.40. The molecule has 0 aromatic rings. The van der Waals surface area contributed by atoms with Crippen LogP contribution < -0.4 is 5.32 Å². The lowest BCUT2D eigenvalue weighted by Crippen LogP contribution is -2.46. The molecule has 0 aromatic carbocycles. The molecule has 0 bridgehead atoms. The third-order valence-corrected chi connectivity index (χ3v) is 2.07. The molecule has 0 rings (SSSR count). The molecule has 0 aliphatic heterocycles. The van der Waals surface area contributed by atoms with Gasteiger partial charge in [0, 0.05) is 7.11 Å². The van der Waals surface area contributed by atoms with Crippen LogP contribution in [0.15, 0.2) is 0 Å². The van der Waals surface area contributed by atoms with Crippen molar-refractivity contribution < 1.29 is 14.3 Å². The number of nitrogens with one attached hydrogen (secondary N) is 1. The monoisotopic (exact) mass is 189 g/mol. The zero-order valence-corrected chi connectivity index (χ0v) is 8.96. The first-order chi connectivity index (χ1) is 6.02. The Hall–Kier alpha value is -0.770. The number of carbonyl (C=O) groups excluding carboxylic acids is 1. The van der Waals surface area contributed by atoms with Crippen LogP contribution in [0, 0.1) is 5.92 Å². The number of ether oxygens (including phenoxy) is 2. The van der Waals surface area contributed by atoms with Gasteiger partial charge in [0.2, 0.25) is 0 Å². The molecule has 0 saturated carbocycles. The number of hydrogen-bond acceptors (Lipinski definition) is 3. The van der Waals surface area contributed by atoms with Crippen LogP contribution in [0.1, 0.15) is 20.8 Å². The standard InChI is InChI=1S/C9H19NO3/c1-6(2)8(7(3)12-4)10-9(11)13-5/h6-8H,1-5H3,(H,10,11)/t7-,8+/m0/s1. The summed E-state index contributed by atoms with van der Waals surface area (Å²) in [4.78, 5) is 11.0. The maximum absolute atomic E-state index is 11.0. The van der Waals surface area contributed by atoms with Crippen molar-refractivity contribution in [3.8, 4) is 0 Å². The SMILES string of the molecule is COC(=O)N[C@H](C(C)C)[C@H](C)OC. The van der Waals surface area contributed by atoms with Crippen molar-refractivity contribution in [2.75, 3.05) is 14.2 Å². The van der Waals surface area contributed by atoms with Crippen molar-refractivity contribution in [2.24, 2.45) is 5.92 Å². The number of rotatable bonds is 4. The normalized spacial score (nSPS) is 15.2. The molecular weight excluding hydrogens is 170 g/mol. The van der Waals surface area contributed by atoms with Crippen molar-refractivity contribution in [1.29, 1.82) is 0 Å². The average molecular weight is 189 g/mol. The van der Waals surface area contributed by atoms with Gasteiger partial charge in [-0.25, -0.2) is 4.79 Å². The van der Waals surface area contributed by atoms with Gasteiger partial charge < -0.3 is 14.8 Å². The topological polar surface area (TPSA) is 47.6 Å². The van der Waals surface area contributed by atoms with Crippen LogP contribution >= 0.6 is 0 Å². The Labute approximate surface area is 79.6 Å². The Morgan fingerprint density at radius 3 is 2.08 bits per heavy atom. The molecule has 1 N–H and O–H groups in total. The van der Waals surface area contributed by atoms with Gasteiger partial charge in [-0.3, -0.25) is 0 Å². The summed E-state index contributed by atoms with van der Waals surface area (Å²) in [7, 11) is 2.98. The highest BCUT2D eigenvalue weighted by molar-refractivity contribution is 5.67. The van der Waals surface area contributed by atoms with Gasteiger partial charge in [-0.1, -0.05) is 13.8 Å². The minimum Gasteiger partial charge on any atom is -0.453 e. The molecule has 0 saturated heterocycles. The van der Waals surface area contributed by atoms with Crippen LogP contribution in [0.2, 0.25) is 0 Å². The fourth-order valence-electron chi connectivity index (χ4n) is 1.17. The van der Waals surface area contributed by atoms with Gasteiger partial charge in [0.15, 0.2) is 0 Å². The van der Waals surface area contributed by atoms with Crippen LogP contribution in [0.5, 0.6) is 0 Å². The number of alkyl carbamates (subject to hydrolysis) is 1. The van der Waals surface area contributed by atoms with Crippen molar-refractivity contribution in [2.45, 2.75) is 32.9 Å². The zero-order chi connectivity index (χ0) is 10.4. The second-order valence-electron chi connectivity index (χ2n) is 3.35. The molecule has 0 radical (unpaired) electrons. The van der Waals surface area contributed by atoms with Crippen molar-refractivity contribution in [1.82, 2.24) is 5.32 Å². The number of methoxy groups -OCH3 is 2. The van der Waals surface area contributed by atoms with Gasteiger partial charge >= 0.3 is 6.09 Å². The second kappa shape index (κ2) is 5.80. The molecule has 0 aliphatic rings. The summed E-state index contributed by atoms with van der Waals surface area (Å²) >= 11 is 0. The van der Waals surface area contributed by atoms with Gasteiger partial charge in [0.05, 0.1) is 19.3 Å². The molecule has 0 aliphatic carbocycles. The summed E-state index contributed by atoms with van der Waals surface area (Å²) in [6.45, 7) is 5.97. The molecule has 4 heteroatoms. The molecule has 1 amide bonds. The molecule has 13 heavy (non-hydrogen) atoms. The third-order valence-electron chi connectivity index (χ3n) is 2.07. The largest absolute Gasteiger partial charge is 0.453 e. The van der Waals surface area contributed by atoms with Crippen LogP contribution in [0.3, 0.4) is 0 Å². The fraction of sp³-hybridized carbons (Fsp3) is 0.889. The Bertz CT molecular complexity index is 159. The van der Waals surface area contributed by atoms with E-state index in [1.54, 1.807) is 7.11 Å². The molecule has 0 heterocycles. The van der Waals surface area contributed by atoms with E-state index in [1.165, 1.54) is 7.11 Å². The summed E-state index contributed by atoms with van der Waals surface area (Å²) in [6, 6.07) is -0.0163. The maximum atomic E-state index is 11.0. The van der Waals surface area contributed by atoms with Crippen LogP contribution in [0.25, 0.3) is 0 Å². The summed E-state index contributed by atoms with van der Waals surface area (Å²) in [6.07, 6.45) is -0.429. The zero-order valence-electron chi connectivity index (χ0n) is 8.96. The van der Waals surface area contributed by atoms with Gasteiger partial charge in [-0.15, -0.1) is 0 Å². The lowest BCUT2D eigenvalue weighted by atomic mass is 10.00. The fourth-order valence-corrected chi connectivity index (χ4v) is 1.17. The number of amides is 1. The molecule has 4 nitrogen and oxygen atoms in total. The Morgan fingerprint density at radius 1 is 1.23 bits per heavy atom. The van der Waals surface area contributed by atoms with Crippen LogP contribution in [-0.4, -0.2) is 32.5 Å². The second-order valence-corrected chi connectivity index (χ2v) is 3.35. The van der Waals surface area contributed by atoms with Gasteiger partial charge in [-0.05, 0) is 12.8 Å². The van der Waals surface area contributed by atoms with Crippen LogP contribution in [-0.2, 0) is 9.47 Å². The third kappa shape index (κ3) is 4.12. The molecule has 0 fully saturated rings. The lowest BCUT2D eigenvalue weighted by molar-refractivity contribution is 0.0638. The average Bonchev–Trinajstić information content (AvgIpc) is 2.11. The van der Waals surface area contributed by atoms with Crippen molar-refractivity contribution >= 4 is 6.09 Å². The number of carbonyl (C=O) groups is 1. The Kier molecular flexibility index (Phi) is 5.46. The molecule has 78 valence electrons. The first-order valence-corrected chi connectivity index (χ1v) is 4.40. The summed E-state index contributed by atoms with van der Waals surface area (Å²) < 4.78 is 9.67. The van der Waals surface area contributed by atoms with Gasteiger partial charge in [0.1, 0.15) is 0 Å². The number of hydrogen-bond donors (Lipinski definition) is 1. The summed E-state index contributed by atoms with van der Waals surface area (Å²) in [5, 5.41) is 2.73. The minimum absolute atomic E-state index is 0.0147. The van der Waals surface area contributed by atoms with E-state index in [0.717, 1.165) is 0 Å². The highest BCUT2D eigenvalue weighted by atomic mass is 16.5. The molecule has 2 atom stereocenters. The van der Waals surface area contributed by atoms with E-state index in [9.17, 15) is 4.79 Å².